The van der Waals surface area contributed by atoms with Gasteiger partial charge in [0.1, 0.15) is 0 Å². The number of carbonyl (C=O) groups is 2. The minimum atomic E-state index is -1.23. The van der Waals surface area contributed by atoms with Gasteiger partial charge in [-0.1, -0.05) is 49.6 Å². The highest BCUT2D eigenvalue weighted by atomic mass is 16.2. The lowest BCUT2D eigenvalue weighted by atomic mass is 9.82. The van der Waals surface area contributed by atoms with Crippen molar-refractivity contribution in [1.82, 2.24) is 5.32 Å². The Morgan fingerprint density at radius 2 is 1.58 bits per heavy atom. The Labute approximate surface area is 154 Å². The zero-order valence-corrected chi connectivity index (χ0v) is 15.1. The topological polar surface area (TPSA) is 49.4 Å². The van der Waals surface area contributed by atoms with Gasteiger partial charge in [0.25, 0.3) is 5.91 Å². The van der Waals surface area contributed by atoms with Crippen LogP contribution in [0.4, 0.5) is 11.4 Å². The molecule has 0 saturated heterocycles. The summed E-state index contributed by atoms with van der Waals surface area (Å²) >= 11 is 0. The van der Waals surface area contributed by atoms with E-state index in [2.05, 4.69) is 5.32 Å². The molecule has 26 heavy (non-hydrogen) atoms. The van der Waals surface area contributed by atoms with E-state index in [0.29, 0.717) is 11.3 Å². The molecule has 0 spiro atoms. The Bertz CT molecular complexity index is 827. The minimum Gasteiger partial charge on any atom is -0.294 e. The van der Waals surface area contributed by atoms with Crippen molar-refractivity contribution in [2.24, 2.45) is 0 Å². The zero-order valence-electron chi connectivity index (χ0n) is 15.1. The van der Waals surface area contributed by atoms with Gasteiger partial charge in [-0.25, -0.2) is 0 Å². The van der Waals surface area contributed by atoms with Gasteiger partial charge in [0.15, 0.2) is 11.3 Å². The van der Waals surface area contributed by atoms with Gasteiger partial charge in [-0.05, 0) is 44.0 Å². The second-order valence-electron chi connectivity index (χ2n) is 7.43. The lowest BCUT2D eigenvalue weighted by molar-refractivity contribution is -0.122. The molecule has 0 bridgehead atoms. The van der Waals surface area contributed by atoms with Crippen LogP contribution >= 0.6 is 0 Å². The molecule has 4 heteroatoms. The molecule has 1 aliphatic carbocycles. The summed E-state index contributed by atoms with van der Waals surface area (Å²) in [6, 6.07) is 17.2. The van der Waals surface area contributed by atoms with Gasteiger partial charge >= 0.3 is 0 Å². The zero-order chi connectivity index (χ0) is 18.1. The summed E-state index contributed by atoms with van der Waals surface area (Å²) in [5, 5.41) is 3.43. The van der Waals surface area contributed by atoms with Crippen molar-refractivity contribution >= 4 is 23.1 Å². The largest absolute Gasteiger partial charge is 0.294 e. The predicted molar refractivity (Wildman–Crippen MR) is 103 cm³/mol. The quantitative estimate of drug-likeness (QED) is 0.845. The van der Waals surface area contributed by atoms with Crippen molar-refractivity contribution in [3.8, 4) is 0 Å². The van der Waals surface area contributed by atoms with Gasteiger partial charge in [0, 0.05) is 17.3 Å². The highest BCUT2D eigenvalue weighted by Crippen LogP contribution is 2.38. The lowest BCUT2D eigenvalue weighted by Crippen LogP contribution is -2.65. The van der Waals surface area contributed by atoms with Crippen LogP contribution in [0.1, 0.15) is 49.4 Å². The van der Waals surface area contributed by atoms with E-state index in [0.717, 1.165) is 31.4 Å². The number of amides is 1. The van der Waals surface area contributed by atoms with E-state index in [-0.39, 0.29) is 17.7 Å². The number of Topliss-reactive ketones (excluding diaryl/α,β-unsaturated/α-hetero) is 1. The van der Waals surface area contributed by atoms with E-state index in [9.17, 15) is 9.59 Å². The van der Waals surface area contributed by atoms with E-state index < -0.39 is 5.54 Å². The van der Waals surface area contributed by atoms with Crippen LogP contribution < -0.4 is 10.2 Å². The van der Waals surface area contributed by atoms with E-state index >= 15 is 0 Å². The number of benzene rings is 2. The Morgan fingerprint density at radius 3 is 2.31 bits per heavy atom. The number of hydrogen-bond donors (Lipinski definition) is 1. The Morgan fingerprint density at radius 1 is 0.923 bits per heavy atom. The predicted octanol–water partition coefficient (Wildman–Crippen LogP) is 4.23. The molecule has 1 atom stereocenters. The smallest absolute Gasteiger partial charge is 0.259 e. The molecule has 1 heterocycles. The number of rotatable bonds is 3. The number of carbonyl (C=O) groups excluding carboxylic acids is 2. The molecular formula is C22H24N2O2. The van der Waals surface area contributed by atoms with Crippen LogP contribution in [0.2, 0.25) is 0 Å². The number of nitrogens with one attached hydrogen (secondary N) is 1. The van der Waals surface area contributed by atoms with Crippen LogP contribution in [0, 0.1) is 0 Å². The molecular weight excluding hydrogens is 324 g/mol. The summed E-state index contributed by atoms with van der Waals surface area (Å²) in [6.07, 6.45) is 5.56. The summed E-state index contributed by atoms with van der Waals surface area (Å²) in [6.45, 7) is 1.75. The van der Waals surface area contributed by atoms with Crippen LogP contribution in [0.5, 0.6) is 0 Å². The van der Waals surface area contributed by atoms with Crippen molar-refractivity contribution in [2.45, 2.75) is 50.6 Å². The fraction of sp³-hybridized carbons (Fsp3) is 0.364. The molecule has 0 aromatic heterocycles. The van der Waals surface area contributed by atoms with E-state index in [1.165, 1.54) is 6.42 Å². The summed E-state index contributed by atoms with van der Waals surface area (Å²) in [4.78, 5) is 28.5. The van der Waals surface area contributed by atoms with Gasteiger partial charge < -0.3 is 0 Å². The maximum atomic E-state index is 13.5. The Balaban J connectivity index is 1.79. The summed E-state index contributed by atoms with van der Waals surface area (Å²) < 4.78 is 0. The van der Waals surface area contributed by atoms with Gasteiger partial charge in [-0.15, -0.1) is 0 Å². The Kier molecular flexibility index (Phi) is 4.37. The number of fused-ring (bicyclic) bond motifs is 1. The summed E-state index contributed by atoms with van der Waals surface area (Å²) in [5.41, 5.74) is 0.819. The second kappa shape index (κ2) is 6.69. The number of nitrogens with zero attached hydrogens (tertiary/aromatic N) is 1. The third-order valence-corrected chi connectivity index (χ3v) is 5.59. The highest BCUT2D eigenvalue weighted by Gasteiger charge is 2.50. The fourth-order valence-corrected chi connectivity index (χ4v) is 4.18. The molecule has 4 rings (SSSR count). The molecule has 0 radical (unpaired) electrons. The molecule has 1 amide bonds. The maximum Gasteiger partial charge on any atom is 0.259 e. The van der Waals surface area contributed by atoms with E-state index in [1.807, 2.05) is 54.6 Å². The van der Waals surface area contributed by atoms with Gasteiger partial charge in [-0.3, -0.25) is 19.8 Å². The number of hydrogen-bond acceptors (Lipinski definition) is 3. The molecule has 2 aliphatic rings. The molecule has 1 unspecified atom stereocenters. The molecule has 4 nitrogen and oxygen atoms in total. The van der Waals surface area contributed by atoms with E-state index in [4.69, 9.17) is 0 Å². The highest BCUT2D eigenvalue weighted by molar-refractivity contribution is 6.29. The number of para-hydroxylation sites is 2. The molecule has 134 valence electrons. The van der Waals surface area contributed by atoms with Crippen LogP contribution in [-0.2, 0) is 4.79 Å². The molecule has 2 aromatic carbocycles. The second-order valence-corrected chi connectivity index (χ2v) is 7.43. The van der Waals surface area contributed by atoms with E-state index in [1.54, 1.807) is 11.8 Å². The summed E-state index contributed by atoms with van der Waals surface area (Å²) in [5.74, 6) is -0.325. The molecule has 2 aromatic rings. The molecule has 1 N–H and O–H groups in total. The maximum absolute atomic E-state index is 13.5. The van der Waals surface area contributed by atoms with Gasteiger partial charge in [0.05, 0.1) is 5.69 Å². The van der Waals surface area contributed by atoms with Crippen molar-refractivity contribution < 1.29 is 9.59 Å². The number of ketones is 1. The average molecular weight is 348 g/mol. The summed E-state index contributed by atoms with van der Waals surface area (Å²) in [7, 11) is 0. The molecule has 1 fully saturated rings. The average Bonchev–Trinajstić information content (AvgIpc) is 2.68. The van der Waals surface area contributed by atoms with Crippen LogP contribution in [0.15, 0.2) is 54.6 Å². The fourth-order valence-electron chi connectivity index (χ4n) is 4.18. The first-order valence-corrected chi connectivity index (χ1v) is 9.42. The van der Waals surface area contributed by atoms with Crippen molar-refractivity contribution in [2.75, 3.05) is 4.90 Å². The molecule has 1 aliphatic heterocycles. The van der Waals surface area contributed by atoms with Gasteiger partial charge in [-0.2, -0.15) is 0 Å². The third kappa shape index (κ3) is 2.74. The monoisotopic (exact) mass is 348 g/mol. The normalized spacial score (nSPS) is 23.8. The standard InChI is InChI=1S/C22H24N2O2/c1-22(23-16-10-4-2-5-11-16)20(25)18-14-8-9-15-19(18)24(21(22)26)17-12-6-3-7-13-17/h3,6-9,12-16,23H,2,4-5,10-11H2,1H3. The first kappa shape index (κ1) is 17.0. The number of anilines is 2. The lowest BCUT2D eigenvalue weighted by Gasteiger charge is -2.42. The SMILES string of the molecule is CC1(NC2CCCCC2)C(=O)c2ccccc2N(c2ccccc2)C1=O. The Hall–Kier alpha value is -2.46. The van der Waals surface area contributed by atoms with Crippen molar-refractivity contribution in [1.29, 1.82) is 0 Å². The van der Waals surface area contributed by atoms with Crippen molar-refractivity contribution in [3.05, 3.63) is 60.2 Å². The van der Waals surface area contributed by atoms with Crippen LogP contribution in [0.25, 0.3) is 0 Å². The first-order valence-electron chi connectivity index (χ1n) is 9.42. The van der Waals surface area contributed by atoms with Gasteiger partial charge in [0.2, 0.25) is 0 Å². The van der Waals surface area contributed by atoms with Crippen LogP contribution in [0.3, 0.4) is 0 Å². The molecule has 1 saturated carbocycles. The first-order chi connectivity index (χ1) is 12.6. The minimum absolute atomic E-state index is 0.129. The third-order valence-electron chi connectivity index (χ3n) is 5.59. The van der Waals surface area contributed by atoms with Crippen molar-refractivity contribution in [3.63, 3.8) is 0 Å². The van der Waals surface area contributed by atoms with Crippen LogP contribution in [-0.4, -0.2) is 23.3 Å².